The van der Waals surface area contributed by atoms with E-state index in [-0.39, 0.29) is 0 Å². The minimum Gasteiger partial charge on any atom is -0.481 e. The number of hydrogen-bond acceptors (Lipinski definition) is 4. The second-order valence-electron chi connectivity index (χ2n) is 4.57. The first kappa shape index (κ1) is 13.4. The number of nitrogen functional groups attached to an aromatic ring is 1. The molecule has 2 rings (SSSR count). The SMILES string of the molecule is CC(C)(C)C(=O)O.Nc1nc2ccccc2s1. The largest absolute Gasteiger partial charge is 0.481 e. The fourth-order valence-corrected chi connectivity index (χ4v) is 1.62. The molecule has 0 saturated carbocycles. The average molecular weight is 252 g/mol. The van der Waals surface area contributed by atoms with E-state index in [4.69, 9.17) is 10.8 Å². The van der Waals surface area contributed by atoms with Crippen molar-refractivity contribution >= 4 is 32.7 Å². The summed E-state index contributed by atoms with van der Waals surface area (Å²) in [6.07, 6.45) is 0. The Labute approximate surface area is 104 Å². The summed E-state index contributed by atoms with van der Waals surface area (Å²) >= 11 is 1.52. The van der Waals surface area contributed by atoms with E-state index in [1.54, 1.807) is 20.8 Å². The quantitative estimate of drug-likeness (QED) is 0.755. The van der Waals surface area contributed by atoms with Crippen LogP contribution in [-0.4, -0.2) is 16.1 Å². The van der Waals surface area contributed by atoms with Gasteiger partial charge < -0.3 is 10.8 Å². The zero-order chi connectivity index (χ0) is 13.1. The highest BCUT2D eigenvalue weighted by molar-refractivity contribution is 7.22. The van der Waals surface area contributed by atoms with Crippen molar-refractivity contribution in [2.24, 2.45) is 5.41 Å². The van der Waals surface area contributed by atoms with Crippen LogP contribution in [0.4, 0.5) is 5.13 Å². The van der Waals surface area contributed by atoms with Crippen molar-refractivity contribution in [3.8, 4) is 0 Å². The number of anilines is 1. The second-order valence-corrected chi connectivity index (χ2v) is 5.64. The standard InChI is InChI=1S/C7H6N2S.C5H10O2/c8-7-9-5-3-1-2-4-6(5)10-7;1-5(2,3)4(6)7/h1-4H,(H2,8,9);1-3H3,(H,6,7). The fourth-order valence-electron chi connectivity index (χ4n) is 0.890. The lowest BCUT2D eigenvalue weighted by Gasteiger charge is -2.08. The van der Waals surface area contributed by atoms with E-state index in [1.807, 2.05) is 24.3 Å². The van der Waals surface area contributed by atoms with Crippen LogP contribution in [0.15, 0.2) is 24.3 Å². The number of benzene rings is 1. The molecule has 0 saturated heterocycles. The van der Waals surface area contributed by atoms with Gasteiger partial charge in [-0.3, -0.25) is 4.79 Å². The molecule has 0 spiro atoms. The van der Waals surface area contributed by atoms with Gasteiger partial charge in [0, 0.05) is 0 Å². The van der Waals surface area contributed by atoms with Crippen LogP contribution in [0, 0.1) is 5.41 Å². The number of carboxylic acids is 1. The van der Waals surface area contributed by atoms with Gasteiger partial charge in [-0.1, -0.05) is 23.5 Å². The van der Waals surface area contributed by atoms with Crippen LogP contribution in [0.3, 0.4) is 0 Å². The van der Waals surface area contributed by atoms with Crippen LogP contribution in [0.1, 0.15) is 20.8 Å². The Kier molecular flexibility index (Phi) is 4.07. The number of thiazole rings is 1. The van der Waals surface area contributed by atoms with E-state index in [0.717, 1.165) is 10.2 Å². The van der Waals surface area contributed by atoms with Crippen molar-refractivity contribution in [1.82, 2.24) is 4.98 Å². The molecule has 3 N–H and O–H groups in total. The van der Waals surface area contributed by atoms with Crippen LogP contribution in [0.2, 0.25) is 0 Å². The van der Waals surface area contributed by atoms with Gasteiger partial charge >= 0.3 is 5.97 Å². The number of fused-ring (bicyclic) bond motifs is 1. The fraction of sp³-hybridized carbons (Fsp3) is 0.333. The predicted molar refractivity (Wildman–Crippen MR) is 71.1 cm³/mol. The molecule has 0 radical (unpaired) electrons. The molecule has 0 aliphatic carbocycles. The molecule has 1 heterocycles. The van der Waals surface area contributed by atoms with Gasteiger partial charge in [-0.05, 0) is 32.9 Å². The van der Waals surface area contributed by atoms with E-state index in [1.165, 1.54) is 11.3 Å². The molecule has 1 aromatic carbocycles. The van der Waals surface area contributed by atoms with Crippen LogP contribution < -0.4 is 5.73 Å². The Morgan fingerprint density at radius 1 is 1.35 bits per heavy atom. The molecule has 0 unspecified atom stereocenters. The van der Waals surface area contributed by atoms with Gasteiger partial charge in [0.15, 0.2) is 5.13 Å². The molecule has 4 nitrogen and oxygen atoms in total. The lowest BCUT2D eigenvalue weighted by molar-refractivity contribution is -0.145. The first-order chi connectivity index (χ1) is 7.80. The number of hydrogen-bond donors (Lipinski definition) is 2. The maximum Gasteiger partial charge on any atom is 0.308 e. The molecular weight excluding hydrogens is 236 g/mol. The molecular formula is C12H16N2O2S. The molecule has 2 aromatic rings. The van der Waals surface area contributed by atoms with Gasteiger partial charge in [-0.15, -0.1) is 0 Å². The molecule has 92 valence electrons. The molecule has 17 heavy (non-hydrogen) atoms. The van der Waals surface area contributed by atoms with Crippen LogP contribution in [0.25, 0.3) is 10.2 Å². The van der Waals surface area contributed by atoms with Crippen LogP contribution >= 0.6 is 11.3 Å². The molecule has 1 aromatic heterocycles. The first-order valence-electron chi connectivity index (χ1n) is 5.15. The highest BCUT2D eigenvalue weighted by Crippen LogP contribution is 2.22. The van der Waals surface area contributed by atoms with Gasteiger partial charge in [0.1, 0.15) is 0 Å². The van der Waals surface area contributed by atoms with Crippen molar-refractivity contribution in [2.75, 3.05) is 5.73 Å². The summed E-state index contributed by atoms with van der Waals surface area (Å²) in [5.74, 6) is -0.757. The Morgan fingerprint density at radius 2 is 1.88 bits per heavy atom. The molecule has 0 fully saturated rings. The van der Waals surface area contributed by atoms with Gasteiger partial charge in [0.2, 0.25) is 0 Å². The van der Waals surface area contributed by atoms with Crippen molar-refractivity contribution in [2.45, 2.75) is 20.8 Å². The summed E-state index contributed by atoms with van der Waals surface area (Å²) in [6.45, 7) is 4.99. The van der Waals surface area contributed by atoms with Gasteiger partial charge in [0.05, 0.1) is 15.6 Å². The highest BCUT2D eigenvalue weighted by atomic mass is 32.1. The van der Waals surface area contributed by atoms with Crippen LogP contribution in [-0.2, 0) is 4.79 Å². The predicted octanol–water partition coefficient (Wildman–Crippen LogP) is 3.00. The van der Waals surface area contributed by atoms with E-state index < -0.39 is 11.4 Å². The van der Waals surface area contributed by atoms with Crippen molar-refractivity contribution in [1.29, 1.82) is 0 Å². The lowest BCUT2D eigenvalue weighted by Crippen LogP contribution is -2.18. The Bertz CT molecular complexity index is 481. The van der Waals surface area contributed by atoms with Gasteiger partial charge in [-0.25, -0.2) is 4.98 Å². The summed E-state index contributed by atoms with van der Waals surface area (Å²) in [5.41, 5.74) is 5.91. The normalized spacial score (nSPS) is 10.8. The molecule has 0 amide bonds. The number of rotatable bonds is 0. The first-order valence-corrected chi connectivity index (χ1v) is 5.97. The molecule has 0 atom stereocenters. The van der Waals surface area contributed by atoms with Crippen molar-refractivity contribution < 1.29 is 9.90 Å². The maximum absolute atomic E-state index is 10.0. The van der Waals surface area contributed by atoms with E-state index >= 15 is 0 Å². The summed E-state index contributed by atoms with van der Waals surface area (Å²) in [6, 6.07) is 7.92. The maximum atomic E-state index is 10.0. The monoisotopic (exact) mass is 252 g/mol. The number of nitrogens with two attached hydrogens (primary N) is 1. The van der Waals surface area contributed by atoms with Crippen molar-refractivity contribution in [3.05, 3.63) is 24.3 Å². The van der Waals surface area contributed by atoms with Gasteiger partial charge in [0.25, 0.3) is 0 Å². The second kappa shape index (κ2) is 5.14. The number of aliphatic carboxylic acids is 1. The Hall–Kier alpha value is -1.62. The average Bonchev–Trinajstić information content (AvgIpc) is 2.57. The number of nitrogens with zero attached hydrogens (tertiary/aromatic N) is 1. The smallest absolute Gasteiger partial charge is 0.308 e. The molecule has 0 bridgehead atoms. The summed E-state index contributed by atoms with van der Waals surface area (Å²) in [4.78, 5) is 14.1. The zero-order valence-electron chi connectivity index (χ0n) is 10.1. The summed E-state index contributed by atoms with van der Waals surface area (Å²) in [5, 5.41) is 8.89. The molecule has 0 aliphatic heterocycles. The highest BCUT2D eigenvalue weighted by Gasteiger charge is 2.18. The lowest BCUT2D eigenvalue weighted by atomic mass is 9.98. The number of carbonyl (C=O) groups is 1. The third-order valence-corrected chi connectivity index (χ3v) is 2.82. The van der Waals surface area contributed by atoms with Crippen molar-refractivity contribution in [3.63, 3.8) is 0 Å². The molecule has 0 aliphatic rings. The third-order valence-electron chi connectivity index (χ3n) is 1.95. The number of aromatic nitrogens is 1. The van der Waals surface area contributed by atoms with Gasteiger partial charge in [-0.2, -0.15) is 0 Å². The van der Waals surface area contributed by atoms with E-state index in [0.29, 0.717) is 5.13 Å². The Balaban J connectivity index is 0.000000185. The topological polar surface area (TPSA) is 76.2 Å². The van der Waals surface area contributed by atoms with Crippen LogP contribution in [0.5, 0.6) is 0 Å². The number of carboxylic acid groups (broad SMARTS) is 1. The Morgan fingerprint density at radius 3 is 2.35 bits per heavy atom. The summed E-state index contributed by atoms with van der Waals surface area (Å²) < 4.78 is 1.15. The number of para-hydroxylation sites is 1. The van der Waals surface area contributed by atoms with E-state index in [2.05, 4.69) is 4.98 Å². The third kappa shape index (κ3) is 4.03. The molecule has 5 heteroatoms. The minimum absolute atomic E-state index is 0.583. The minimum atomic E-state index is -0.757. The summed E-state index contributed by atoms with van der Waals surface area (Å²) in [7, 11) is 0. The zero-order valence-corrected chi connectivity index (χ0v) is 10.9. The van der Waals surface area contributed by atoms with E-state index in [9.17, 15) is 4.79 Å².